The zero-order valence-electron chi connectivity index (χ0n) is 13.8. The molecule has 4 rings (SSSR count). The van der Waals surface area contributed by atoms with Crippen molar-refractivity contribution < 1.29 is 9.21 Å². The van der Waals surface area contributed by atoms with E-state index in [0.29, 0.717) is 6.54 Å². The second-order valence-electron chi connectivity index (χ2n) is 6.23. The number of rotatable bonds is 3. The predicted molar refractivity (Wildman–Crippen MR) is 95.8 cm³/mol. The molecule has 1 unspecified atom stereocenters. The Morgan fingerprint density at radius 2 is 2.08 bits per heavy atom. The second-order valence-corrected chi connectivity index (χ2v) is 6.23. The summed E-state index contributed by atoms with van der Waals surface area (Å²) in [6.07, 6.45) is 7.00. The van der Waals surface area contributed by atoms with Crippen LogP contribution in [-0.2, 0) is 4.79 Å². The number of hydrogen-bond donors (Lipinski definition) is 0. The van der Waals surface area contributed by atoms with Crippen LogP contribution >= 0.6 is 0 Å². The highest BCUT2D eigenvalue weighted by Crippen LogP contribution is 2.29. The number of oxazole rings is 1. The molecule has 126 valence electrons. The first-order valence-electron chi connectivity index (χ1n) is 8.53. The van der Waals surface area contributed by atoms with Gasteiger partial charge >= 0.3 is 0 Å². The Morgan fingerprint density at radius 3 is 2.92 bits per heavy atom. The molecule has 1 amide bonds. The van der Waals surface area contributed by atoms with Crippen molar-refractivity contribution in [3.8, 4) is 0 Å². The highest BCUT2D eigenvalue weighted by molar-refractivity contribution is 5.91. The van der Waals surface area contributed by atoms with Gasteiger partial charge in [0.05, 0.1) is 11.6 Å². The number of para-hydroxylation sites is 2. The lowest BCUT2D eigenvalue weighted by Gasteiger charge is -2.30. The molecule has 1 atom stereocenters. The predicted octanol–water partition coefficient (Wildman–Crippen LogP) is 3.64. The summed E-state index contributed by atoms with van der Waals surface area (Å²) in [7, 11) is 0. The summed E-state index contributed by atoms with van der Waals surface area (Å²) < 4.78 is 5.89. The lowest BCUT2D eigenvalue weighted by atomic mass is 9.98. The number of pyridine rings is 1. The van der Waals surface area contributed by atoms with Gasteiger partial charge in [-0.2, -0.15) is 0 Å². The lowest BCUT2D eigenvalue weighted by molar-refractivity contribution is -0.127. The molecule has 0 bridgehead atoms. The molecule has 1 aliphatic heterocycles. The van der Waals surface area contributed by atoms with Gasteiger partial charge in [-0.3, -0.25) is 9.78 Å². The van der Waals surface area contributed by atoms with Gasteiger partial charge in [-0.05, 0) is 43.2 Å². The van der Waals surface area contributed by atoms with Gasteiger partial charge in [0.1, 0.15) is 5.52 Å². The van der Waals surface area contributed by atoms with Crippen molar-refractivity contribution in [1.82, 2.24) is 14.9 Å². The van der Waals surface area contributed by atoms with Crippen LogP contribution in [0.4, 0.5) is 0 Å². The van der Waals surface area contributed by atoms with Crippen molar-refractivity contribution in [3.05, 3.63) is 66.3 Å². The minimum Gasteiger partial charge on any atom is -0.440 e. The van der Waals surface area contributed by atoms with Crippen LogP contribution in [0, 0.1) is 0 Å². The van der Waals surface area contributed by atoms with Crippen molar-refractivity contribution in [3.63, 3.8) is 0 Å². The molecule has 2 aromatic heterocycles. The van der Waals surface area contributed by atoms with E-state index in [2.05, 4.69) is 9.97 Å². The van der Waals surface area contributed by atoms with Crippen LogP contribution in [0.3, 0.4) is 0 Å². The quantitative estimate of drug-likeness (QED) is 0.687. The molecule has 5 heteroatoms. The van der Waals surface area contributed by atoms with E-state index in [9.17, 15) is 4.79 Å². The number of aromatic nitrogens is 2. The van der Waals surface area contributed by atoms with Gasteiger partial charge in [0.25, 0.3) is 0 Å². The lowest BCUT2D eigenvalue weighted by Crippen LogP contribution is -2.38. The molecule has 0 radical (unpaired) electrons. The normalized spacial score (nSPS) is 18.1. The average molecular weight is 333 g/mol. The Bertz CT molecular complexity index is 868. The number of likely N-dealkylation sites (tertiary alicyclic amines) is 1. The van der Waals surface area contributed by atoms with Crippen LogP contribution in [0.5, 0.6) is 0 Å². The SMILES string of the molecule is O=C(/C=C/c1ccccn1)N1CCCC(c2nc3ccccc3o2)C1. The molecule has 1 saturated heterocycles. The van der Waals surface area contributed by atoms with E-state index in [0.717, 1.165) is 42.1 Å². The third-order valence-electron chi connectivity index (χ3n) is 4.48. The Morgan fingerprint density at radius 1 is 1.20 bits per heavy atom. The number of carbonyl (C=O) groups is 1. The van der Waals surface area contributed by atoms with Crippen LogP contribution in [0.25, 0.3) is 17.2 Å². The molecule has 0 spiro atoms. The van der Waals surface area contributed by atoms with Crippen molar-refractivity contribution in [2.24, 2.45) is 0 Å². The van der Waals surface area contributed by atoms with Crippen molar-refractivity contribution in [1.29, 1.82) is 0 Å². The van der Waals surface area contributed by atoms with Crippen LogP contribution in [-0.4, -0.2) is 33.9 Å². The van der Waals surface area contributed by atoms with Crippen molar-refractivity contribution >= 4 is 23.1 Å². The van der Waals surface area contributed by atoms with E-state index in [1.807, 2.05) is 47.4 Å². The summed E-state index contributed by atoms with van der Waals surface area (Å²) in [5.74, 6) is 0.882. The summed E-state index contributed by atoms with van der Waals surface area (Å²) in [6.45, 7) is 1.40. The fraction of sp³-hybridized carbons (Fsp3) is 0.250. The monoisotopic (exact) mass is 333 g/mol. The highest BCUT2D eigenvalue weighted by atomic mass is 16.3. The Labute approximate surface area is 146 Å². The van der Waals surface area contributed by atoms with E-state index >= 15 is 0 Å². The van der Waals surface area contributed by atoms with Crippen LogP contribution in [0.15, 0.2) is 59.2 Å². The summed E-state index contributed by atoms with van der Waals surface area (Å²) >= 11 is 0. The number of benzene rings is 1. The molecule has 3 heterocycles. The van der Waals surface area contributed by atoms with E-state index in [-0.39, 0.29) is 11.8 Å². The molecule has 0 saturated carbocycles. The van der Waals surface area contributed by atoms with Crippen LogP contribution in [0.1, 0.15) is 30.3 Å². The smallest absolute Gasteiger partial charge is 0.246 e. The Balaban J connectivity index is 1.47. The number of nitrogens with zero attached hydrogens (tertiary/aromatic N) is 3. The summed E-state index contributed by atoms with van der Waals surface area (Å²) in [5.41, 5.74) is 2.45. The van der Waals surface area contributed by atoms with Crippen LogP contribution in [0.2, 0.25) is 0 Å². The highest BCUT2D eigenvalue weighted by Gasteiger charge is 2.27. The molecule has 1 aromatic carbocycles. The van der Waals surface area contributed by atoms with Gasteiger partial charge in [0, 0.05) is 25.4 Å². The first kappa shape index (κ1) is 15.6. The Kier molecular flexibility index (Phi) is 4.29. The van der Waals surface area contributed by atoms with Crippen molar-refractivity contribution in [2.45, 2.75) is 18.8 Å². The molecular weight excluding hydrogens is 314 g/mol. The van der Waals surface area contributed by atoms with Gasteiger partial charge in [0.15, 0.2) is 11.5 Å². The molecule has 1 aliphatic rings. The van der Waals surface area contributed by atoms with Gasteiger partial charge in [-0.1, -0.05) is 18.2 Å². The maximum atomic E-state index is 12.5. The van der Waals surface area contributed by atoms with E-state index in [1.54, 1.807) is 18.3 Å². The molecule has 25 heavy (non-hydrogen) atoms. The summed E-state index contributed by atoms with van der Waals surface area (Å²) in [4.78, 5) is 23.1. The minimum atomic E-state index is 0.00599. The standard InChI is InChI=1S/C20H19N3O2/c24-19(11-10-16-7-3-4-12-21-16)23-13-5-6-15(14-23)20-22-17-8-1-2-9-18(17)25-20/h1-4,7-12,15H,5-6,13-14H2/b11-10+. The maximum Gasteiger partial charge on any atom is 0.246 e. The topological polar surface area (TPSA) is 59.2 Å². The number of carbonyl (C=O) groups excluding carboxylic acids is 1. The zero-order valence-corrected chi connectivity index (χ0v) is 13.8. The van der Waals surface area contributed by atoms with Gasteiger partial charge in [0.2, 0.25) is 5.91 Å². The van der Waals surface area contributed by atoms with Crippen LogP contribution < -0.4 is 0 Å². The second kappa shape index (κ2) is 6.89. The van der Waals surface area contributed by atoms with Gasteiger partial charge in [-0.15, -0.1) is 0 Å². The molecule has 5 nitrogen and oxygen atoms in total. The Hall–Kier alpha value is -2.95. The summed E-state index contributed by atoms with van der Waals surface area (Å²) in [5, 5.41) is 0. The first-order chi connectivity index (χ1) is 12.3. The third kappa shape index (κ3) is 3.45. The van der Waals surface area contributed by atoms with E-state index in [1.165, 1.54) is 0 Å². The largest absolute Gasteiger partial charge is 0.440 e. The number of hydrogen-bond acceptors (Lipinski definition) is 4. The molecule has 0 aliphatic carbocycles. The van der Waals surface area contributed by atoms with E-state index < -0.39 is 0 Å². The van der Waals surface area contributed by atoms with E-state index in [4.69, 9.17) is 4.42 Å². The maximum absolute atomic E-state index is 12.5. The zero-order chi connectivity index (χ0) is 17.1. The van der Waals surface area contributed by atoms with Gasteiger partial charge < -0.3 is 9.32 Å². The number of piperidine rings is 1. The minimum absolute atomic E-state index is 0.00599. The third-order valence-corrected chi connectivity index (χ3v) is 4.48. The fourth-order valence-corrected chi connectivity index (χ4v) is 3.18. The van der Waals surface area contributed by atoms with Gasteiger partial charge in [-0.25, -0.2) is 4.98 Å². The molecule has 1 fully saturated rings. The molecule has 3 aromatic rings. The number of amides is 1. The van der Waals surface area contributed by atoms with Crippen molar-refractivity contribution in [2.75, 3.05) is 13.1 Å². The molecule has 0 N–H and O–H groups in total. The summed E-state index contributed by atoms with van der Waals surface area (Å²) in [6, 6.07) is 13.4. The average Bonchev–Trinajstić information content (AvgIpc) is 3.11. The fourth-order valence-electron chi connectivity index (χ4n) is 3.18. The molecular formula is C20H19N3O2. The number of fused-ring (bicyclic) bond motifs is 1. The first-order valence-corrected chi connectivity index (χ1v) is 8.53.